The second-order valence-corrected chi connectivity index (χ2v) is 6.32. The number of para-hydroxylation sites is 1. The van der Waals surface area contributed by atoms with Crippen molar-refractivity contribution in [2.24, 2.45) is 5.73 Å². The van der Waals surface area contributed by atoms with Gasteiger partial charge in [0.1, 0.15) is 10.6 Å². The van der Waals surface area contributed by atoms with E-state index in [2.05, 4.69) is 0 Å². The third-order valence-electron chi connectivity index (χ3n) is 3.11. The zero-order valence-corrected chi connectivity index (χ0v) is 11.2. The maximum atomic E-state index is 12.5. The van der Waals surface area contributed by atoms with Crippen molar-refractivity contribution in [3.8, 4) is 5.75 Å². The standard InChI is InChI=1S/C12H18N2O3S/c1-17-11-6-2-3-7-12(11)18(15,16)14-8-4-5-10(13)9-14/h2-3,6-7,10H,4-5,8-9,13H2,1H3/t10-/m0/s1. The van der Waals surface area contributed by atoms with Gasteiger partial charge in [-0.25, -0.2) is 8.42 Å². The average molecular weight is 270 g/mol. The van der Waals surface area contributed by atoms with Crippen LogP contribution in [-0.4, -0.2) is 39.0 Å². The molecule has 0 unspecified atom stereocenters. The fourth-order valence-electron chi connectivity index (χ4n) is 2.16. The number of ether oxygens (including phenoxy) is 1. The van der Waals surface area contributed by atoms with Crippen LogP contribution in [0.25, 0.3) is 0 Å². The molecule has 6 heteroatoms. The Labute approximate surface area is 108 Å². The lowest BCUT2D eigenvalue weighted by Crippen LogP contribution is -2.45. The van der Waals surface area contributed by atoms with E-state index < -0.39 is 10.0 Å². The van der Waals surface area contributed by atoms with E-state index in [1.165, 1.54) is 11.4 Å². The fraction of sp³-hybridized carbons (Fsp3) is 0.500. The smallest absolute Gasteiger partial charge is 0.246 e. The van der Waals surface area contributed by atoms with Crippen LogP contribution >= 0.6 is 0 Å². The van der Waals surface area contributed by atoms with E-state index in [1.54, 1.807) is 24.3 Å². The first kappa shape index (κ1) is 13.3. The lowest BCUT2D eigenvalue weighted by Gasteiger charge is -2.30. The molecule has 1 aromatic carbocycles. The van der Waals surface area contributed by atoms with E-state index in [0.29, 0.717) is 18.8 Å². The van der Waals surface area contributed by atoms with Crippen LogP contribution in [-0.2, 0) is 10.0 Å². The molecule has 1 aromatic rings. The van der Waals surface area contributed by atoms with Crippen molar-refractivity contribution in [1.82, 2.24) is 4.31 Å². The van der Waals surface area contributed by atoms with Gasteiger partial charge in [0.2, 0.25) is 10.0 Å². The summed E-state index contributed by atoms with van der Waals surface area (Å²) >= 11 is 0. The van der Waals surface area contributed by atoms with Crippen molar-refractivity contribution in [2.45, 2.75) is 23.8 Å². The highest BCUT2D eigenvalue weighted by atomic mass is 32.2. The summed E-state index contributed by atoms with van der Waals surface area (Å²) in [4.78, 5) is 0.210. The molecule has 0 aliphatic carbocycles. The molecule has 0 saturated carbocycles. The summed E-state index contributed by atoms with van der Waals surface area (Å²) < 4.78 is 31.6. The summed E-state index contributed by atoms with van der Waals surface area (Å²) in [5, 5.41) is 0. The van der Waals surface area contributed by atoms with Crippen LogP contribution in [0.3, 0.4) is 0 Å². The number of nitrogens with zero attached hydrogens (tertiary/aromatic N) is 1. The molecule has 0 amide bonds. The van der Waals surface area contributed by atoms with E-state index in [1.807, 2.05) is 0 Å². The number of piperidine rings is 1. The van der Waals surface area contributed by atoms with Gasteiger partial charge < -0.3 is 10.5 Å². The summed E-state index contributed by atoms with van der Waals surface area (Å²) in [6.45, 7) is 0.897. The molecule has 1 atom stereocenters. The Hall–Kier alpha value is -1.11. The Morgan fingerprint density at radius 2 is 2.11 bits per heavy atom. The van der Waals surface area contributed by atoms with Gasteiger partial charge in [-0.3, -0.25) is 0 Å². The molecule has 0 radical (unpaired) electrons. The predicted octanol–water partition coefficient (Wildman–Crippen LogP) is 0.807. The summed E-state index contributed by atoms with van der Waals surface area (Å²) in [5.41, 5.74) is 5.83. The number of benzene rings is 1. The highest BCUT2D eigenvalue weighted by Crippen LogP contribution is 2.27. The zero-order chi connectivity index (χ0) is 13.2. The van der Waals surface area contributed by atoms with Crippen LogP contribution in [0.15, 0.2) is 29.2 Å². The SMILES string of the molecule is COc1ccccc1S(=O)(=O)N1CCC[C@H](N)C1. The molecule has 2 N–H and O–H groups in total. The Balaban J connectivity index is 2.35. The molecule has 1 heterocycles. The first-order chi connectivity index (χ1) is 8.55. The number of methoxy groups -OCH3 is 1. The molecular formula is C12H18N2O3S. The topological polar surface area (TPSA) is 72.6 Å². The Morgan fingerprint density at radius 1 is 1.39 bits per heavy atom. The minimum Gasteiger partial charge on any atom is -0.495 e. The number of hydrogen-bond acceptors (Lipinski definition) is 4. The molecule has 0 spiro atoms. The molecule has 0 aromatic heterocycles. The van der Waals surface area contributed by atoms with E-state index in [0.717, 1.165) is 12.8 Å². The maximum Gasteiger partial charge on any atom is 0.246 e. The van der Waals surface area contributed by atoms with Gasteiger partial charge in [0.05, 0.1) is 7.11 Å². The summed E-state index contributed by atoms with van der Waals surface area (Å²) in [6, 6.07) is 6.58. The van der Waals surface area contributed by atoms with Crippen LogP contribution in [0.5, 0.6) is 5.75 Å². The Morgan fingerprint density at radius 3 is 2.78 bits per heavy atom. The fourth-order valence-corrected chi connectivity index (χ4v) is 3.85. The van der Waals surface area contributed by atoms with Crippen LogP contribution in [0.1, 0.15) is 12.8 Å². The van der Waals surface area contributed by atoms with Gasteiger partial charge in [0.25, 0.3) is 0 Å². The van der Waals surface area contributed by atoms with Crippen molar-refractivity contribution in [2.75, 3.05) is 20.2 Å². The second kappa shape index (κ2) is 5.26. The van der Waals surface area contributed by atoms with Gasteiger partial charge >= 0.3 is 0 Å². The summed E-state index contributed by atoms with van der Waals surface area (Å²) in [7, 11) is -2.04. The number of nitrogens with two attached hydrogens (primary N) is 1. The normalized spacial score (nSPS) is 21.8. The van der Waals surface area contributed by atoms with E-state index in [4.69, 9.17) is 10.5 Å². The van der Waals surface area contributed by atoms with Crippen LogP contribution in [0.4, 0.5) is 0 Å². The molecule has 18 heavy (non-hydrogen) atoms. The lowest BCUT2D eigenvalue weighted by molar-refractivity contribution is 0.314. The minimum absolute atomic E-state index is 0.0803. The largest absolute Gasteiger partial charge is 0.495 e. The molecular weight excluding hydrogens is 252 g/mol. The van der Waals surface area contributed by atoms with Crippen molar-refractivity contribution >= 4 is 10.0 Å². The average Bonchev–Trinajstić information content (AvgIpc) is 2.38. The zero-order valence-electron chi connectivity index (χ0n) is 10.4. The monoisotopic (exact) mass is 270 g/mol. The predicted molar refractivity (Wildman–Crippen MR) is 69.0 cm³/mol. The van der Waals surface area contributed by atoms with Gasteiger partial charge in [-0.1, -0.05) is 12.1 Å². The highest BCUT2D eigenvalue weighted by Gasteiger charge is 2.30. The van der Waals surface area contributed by atoms with Gasteiger partial charge in [-0.2, -0.15) is 4.31 Å². The maximum absolute atomic E-state index is 12.5. The van der Waals surface area contributed by atoms with Gasteiger partial charge in [0, 0.05) is 19.1 Å². The third-order valence-corrected chi connectivity index (χ3v) is 5.01. The van der Waals surface area contributed by atoms with E-state index in [9.17, 15) is 8.42 Å². The number of rotatable bonds is 3. The lowest BCUT2D eigenvalue weighted by atomic mass is 10.1. The second-order valence-electron chi connectivity index (χ2n) is 4.42. The number of hydrogen-bond donors (Lipinski definition) is 1. The molecule has 1 aliphatic heterocycles. The quantitative estimate of drug-likeness (QED) is 0.882. The van der Waals surface area contributed by atoms with Crippen molar-refractivity contribution in [3.63, 3.8) is 0 Å². The van der Waals surface area contributed by atoms with Crippen molar-refractivity contribution in [1.29, 1.82) is 0 Å². The van der Waals surface area contributed by atoms with Crippen LogP contribution < -0.4 is 10.5 Å². The molecule has 5 nitrogen and oxygen atoms in total. The van der Waals surface area contributed by atoms with Gasteiger partial charge in [0.15, 0.2) is 0 Å². The Bertz CT molecular complexity index is 516. The molecule has 0 bridgehead atoms. The van der Waals surface area contributed by atoms with E-state index >= 15 is 0 Å². The van der Waals surface area contributed by atoms with E-state index in [-0.39, 0.29) is 10.9 Å². The first-order valence-corrected chi connectivity index (χ1v) is 7.38. The van der Waals surface area contributed by atoms with Gasteiger partial charge in [-0.15, -0.1) is 0 Å². The van der Waals surface area contributed by atoms with Crippen LogP contribution in [0, 0.1) is 0 Å². The Kier molecular flexibility index (Phi) is 3.89. The summed E-state index contributed by atoms with van der Waals surface area (Å²) in [6.07, 6.45) is 1.67. The summed E-state index contributed by atoms with van der Waals surface area (Å²) in [5.74, 6) is 0.372. The van der Waals surface area contributed by atoms with Crippen molar-refractivity contribution < 1.29 is 13.2 Å². The van der Waals surface area contributed by atoms with Gasteiger partial charge in [-0.05, 0) is 25.0 Å². The third kappa shape index (κ3) is 2.50. The molecule has 1 saturated heterocycles. The molecule has 1 aliphatic rings. The molecule has 100 valence electrons. The highest BCUT2D eigenvalue weighted by molar-refractivity contribution is 7.89. The molecule has 2 rings (SSSR count). The molecule has 1 fully saturated rings. The van der Waals surface area contributed by atoms with Crippen molar-refractivity contribution in [3.05, 3.63) is 24.3 Å². The van der Waals surface area contributed by atoms with Crippen LogP contribution in [0.2, 0.25) is 0 Å². The number of sulfonamides is 1. The first-order valence-electron chi connectivity index (χ1n) is 5.94. The minimum atomic E-state index is -3.51.